The third-order valence-electron chi connectivity index (χ3n) is 5.04. The van der Waals surface area contributed by atoms with E-state index in [1.165, 1.54) is 6.20 Å². The van der Waals surface area contributed by atoms with Crippen LogP contribution in [0.25, 0.3) is 0 Å². The van der Waals surface area contributed by atoms with E-state index in [0.29, 0.717) is 18.4 Å². The van der Waals surface area contributed by atoms with Crippen LogP contribution in [0.4, 0.5) is 9.18 Å². The number of carbonyl (C=O) groups is 1. The van der Waals surface area contributed by atoms with Crippen molar-refractivity contribution in [3.63, 3.8) is 0 Å². The van der Waals surface area contributed by atoms with Crippen LogP contribution >= 0.6 is 11.3 Å². The second-order valence-electron chi connectivity index (χ2n) is 6.30. The molecule has 3 atom stereocenters. The van der Waals surface area contributed by atoms with Gasteiger partial charge in [-0.3, -0.25) is 0 Å². The molecular formula is C17H18FN3O2S. The molecule has 1 amide bonds. The molecule has 2 N–H and O–H groups in total. The summed E-state index contributed by atoms with van der Waals surface area (Å²) < 4.78 is 18.7. The van der Waals surface area contributed by atoms with Crippen LogP contribution in [0.3, 0.4) is 0 Å². The second kappa shape index (κ2) is 6.14. The molecule has 1 aliphatic carbocycles. The summed E-state index contributed by atoms with van der Waals surface area (Å²) in [4.78, 5) is 16.2. The van der Waals surface area contributed by atoms with E-state index in [4.69, 9.17) is 4.74 Å². The Hall–Kier alpha value is -1.99. The summed E-state index contributed by atoms with van der Waals surface area (Å²) in [6.45, 7) is 2.43. The molecule has 4 rings (SSSR count). The van der Waals surface area contributed by atoms with E-state index in [0.717, 1.165) is 35.0 Å². The Kier molecular flexibility index (Phi) is 3.97. The Balaban J connectivity index is 1.37. The first-order valence-corrected chi connectivity index (χ1v) is 8.79. The van der Waals surface area contributed by atoms with Gasteiger partial charge in [0.05, 0.1) is 6.20 Å². The van der Waals surface area contributed by atoms with Crippen LogP contribution < -0.4 is 10.6 Å². The molecule has 2 fully saturated rings. The molecule has 0 radical (unpaired) electrons. The third kappa shape index (κ3) is 2.67. The average molecular weight is 347 g/mol. The van der Waals surface area contributed by atoms with Crippen molar-refractivity contribution in [2.75, 3.05) is 19.6 Å². The monoisotopic (exact) mass is 347 g/mol. The number of alkyl carbamates (subject to hydrolysis) is 1. The van der Waals surface area contributed by atoms with Gasteiger partial charge in [-0.05, 0) is 30.5 Å². The number of benzene rings is 1. The Labute approximate surface area is 143 Å². The molecule has 1 aromatic heterocycles. The second-order valence-corrected chi connectivity index (χ2v) is 7.28. The molecule has 2 aromatic rings. The maximum Gasteiger partial charge on any atom is 0.407 e. The van der Waals surface area contributed by atoms with Gasteiger partial charge < -0.3 is 15.4 Å². The Bertz CT molecular complexity index is 726. The number of hydrogen-bond donors (Lipinski definition) is 2. The van der Waals surface area contributed by atoms with E-state index in [1.54, 1.807) is 0 Å². The van der Waals surface area contributed by atoms with Gasteiger partial charge in [0.1, 0.15) is 11.6 Å². The molecule has 5 nitrogen and oxygen atoms in total. The van der Waals surface area contributed by atoms with E-state index < -0.39 is 6.09 Å². The SMILES string of the molecule is O=C(NCC1(c2ncc(F)s2)[C@@H]2CNC[C@@H]21)OCc1ccccc1. The van der Waals surface area contributed by atoms with Crippen LogP contribution in [0.15, 0.2) is 36.5 Å². The normalized spacial score (nSPS) is 27.5. The lowest BCUT2D eigenvalue weighted by Crippen LogP contribution is -2.38. The van der Waals surface area contributed by atoms with Crippen LogP contribution in [0.5, 0.6) is 0 Å². The quantitative estimate of drug-likeness (QED) is 0.871. The molecule has 2 heterocycles. The Morgan fingerprint density at radius 3 is 2.79 bits per heavy atom. The summed E-state index contributed by atoms with van der Waals surface area (Å²) in [7, 11) is 0. The Morgan fingerprint density at radius 1 is 1.38 bits per heavy atom. The molecule has 1 saturated carbocycles. The molecular weight excluding hydrogens is 329 g/mol. The topological polar surface area (TPSA) is 63.2 Å². The fourth-order valence-corrected chi connectivity index (χ4v) is 4.73. The lowest BCUT2D eigenvalue weighted by atomic mass is 10.0. The van der Waals surface area contributed by atoms with Gasteiger partial charge in [-0.25, -0.2) is 9.78 Å². The lowest BCUT2D eigenvalue weighted by molar-refractivity contribution is 0.138. The number of nitrogens with zero attached hydrogens (tertiary/aromatic N) is 1. The summed E-state index contributed by atoms with van der Waals surface area (Å²) in [5, 5.41) is 6.67. The number of amides is 1. The summed E-state index contributed by atoms with van der Waals surface area (Å²) in [6, 6.07) is 9.54. The molecule has 0 spiro atoms. The number of hydrogen-bond acceptors (Lipinski definition) is 5. The van der Waals surface area contributed by atoms with Gasteiger partial charge in [-0.15, -0.1) is 0 Å². The number of rotatable bonds is 5. The van der Waals surface area contributed by atoms with Gasteiger partial charge in [-0.2, -0.15) is 4.39 Å². The number of thiazole rings is 1. The van der Waals surface area contributed by atoms with Crippen molar-refractivity contribution in [1.29, 1.82) is 0 Å². The zero-order valence-electron chi connectivity index (χ0n) is 13.0. The molecule has 2 aliphatic rings. The lowest BCUT2D eigenvalue weighted by Gasteiger charge is -2.19. The largest absolute Gasteiger partial charge is 0.445 e. The van der Waals surface area contributed by atoms with Crippen LogP contribution in [-0.2, 0) is 16.8 Å². The summed E-state index contributed by atoms with van der Waals surface area (Å²) in [5.41, 5.74) is 0.698. The van der Waals surface area contributed by atoms with Crippen molar-refractivity contribution in [3.8, 4) is 0 Å². The van der Waals surface area contributed by atoms with Gasteiger partial charge in [0, 0.05) is 12.0 Å². The molecule has 24 heavy (non-hydrogen) atoms. The van der Waals surface area contributed by atoms with Crippen LogP contribution in [0.1, 0.15) is 10.6 Å². The highest BCUT2D eigenvalue weighted by atomic mass is 32.1. The minimum absolute atomic E-state index is 0.236. The number of ether oxygens (including phenoxy) is 1. The standard InChI is InChI=1S/C17H18FN3O2S/c18-14-8-20-15(24-14)17(12-6-19-7-13(12)17)10-21-16(22)23-9-11-4-2-1-3-5-11/h1-5,8,12-13,19H,6-7,9-10H2,(H,21,22)/t12-,13+,17?. The number of aromatic nitrogens is 1. The molecule has 126 valence electrons. The van der Waals surface area contributed by atoms with Gasteiger partial charge >= 0.3 is 6.09 Å². The third-order valence-corrected chi connectivity index (χ3v) is 6.02. The van der Waals surface area contributed by atoms with Crippen LogP contribution in [0, 0.1) is 17.0 Å². The number of halogens is 1. The van der Waals surface area contributed by atoms with Crippen molar-refractivity contribution < 1.29 is 13.9 Å². The maximum atomic E-state index is 13.4. The maximum absolute atomic E-state index is 13.4. The van der Waals surface area contributed by atoms with E-state index in [-0.39, 0.29) is 17.2 Å². The first kappa shape index (κ1) is 15.5. The van der Waals surface area contributed by atoms with E-state index >= 15 is 0 Å². The van der Waals surface area contributed by atoms with Gasteiger partial charge in [-0.1, -0.05) is 41.7 Å². The highest BCUT2D eigenvalue weighted by molar-refractivity contribution is 7.10. The minimum Gasteiger partial charge on any atom is -0.445 e. The van der Waals surface area contributed by atoms with Crippen molar-refractivity contribution in [3.05, 3.63) is 52.2 Å². The van der Waals surface area contributed by atoms with Crippen LogP contribution in [-0.4, -0.2) is 30.7 Å². The van der Waals surface area contributed by atoms with E-state index in [2.05, 4.69) is 15.6 Å². The van der Waals surface area contributed by atoms with E-state index in [9.17, 15) is 9.18 Å². The van der Waals surface area contributed by atoms with Gasteiger partial charge in [0.15, 0.2) is 5.13 Å². The first-order valence-electron chi connectivity index (χ1n) is 7.97. The summed E-state index contributed by atoms with van der Waals surface area (Å²) in [6.07, 6.45) is 0.810. The predicted octanol–water partition coefficient (Wildman–Crippen LogP) is 2.30. The number of nitrogens with one attached hydrogen (secondary N) is 2. The molecule has 7 heteroatoms. The zero-order valence-corrected chi connectivity index (χ0v) is 13.8. The number of carbonyl (C=O) groups excluding carboxylic acids is 1. The van der Waals surface area contributed by atoms with Crippen LogP contribution in [0.2, 0.25) is 0 Å². The zero-order chi connectivity index (χ0) is 16.6. The number of piperidine rings is 1. The predicted molar refractivity (Wildman–Crippen MR) is 88.2 cm³/mol. The number of fused-ring (bicyclic) bond motifs is 1. The highest BCUT2D eigenvalue weighted by Gasteiger charge is 2.68. The van der Waals surface area contributed by atoms with Gasteiger partial charge in [0.25, 0.3) is 0 Å². The van der Waals surface area contributed by atoms with Crippen molar-refractivity contribution >= 4 is 17.4 Å². The van der Waals surface area contributed by atoms with E-state index in [1.807, 2.05) is 30.3 Å². The molecule has 1 unspecified atom stereocenters. The highest BCUT2D eigenvalue weighted by Crippen LogP contribution is 2.61. The minimum atomic E-state index is -0.451. The van der Waals surface area contributed by atoms with Crippen molar-refractivity contribution in [1.82, 2.24) is 15.6 Å². The summed E-state index contributed by atoms with van der Waals surface area (Å²) >= 11 is 1.08. The summed E-state index contributed by atoms with van der Waals surface area (Å²) in [5.74, 6) is 0.801. The Morgan fingerprint density at radius 2 is 2.12 bits per heavy atom. The fraction of sp³-hybridized carbons (Fsp3) is 0.412. The average Bonchev–Trinajstić information content (AvgIpc) is 2.99. The smallest absolute Gasteiger partial charge is 0.407 e. The molecule has 0 bridgehead atoms. The van der Waals surface area contributed by atoms with Gasteiger partial charge in [0.2, 0.25) is 0 Å². The van der Waals surface area contributed by atoms with Crippen molar-refractivity contribution in [2.24, 2.45) is 11.8 Å². The molecule has 1 saturated heterocycles. The van der Waals surface area contributed by atoms with Crippen molar-refractivity contribution in [2.45, 2.75) is 12.0 Å². The fourth-order valence-electron chi connectivity index (χ4n) is 3.76. The first-order chi connectivity index (χ1) is 11.7. The molecule has 1 aliphatic heterocycles. The molecule has 1 aromatic carbocycles.